The van der Waals surface area contributed by atoms with Crippen molar-refractivity contribution >= 4 is 23.2 Å². The molecule has 0 radical (unpaired) electrons. The molecule has 0 saturated heterocycles. The minimum atomic E-state index is -4.85. The first-order valence-corrected chi connectivity index (χ1v) is 7.78. The fraction of sp³-hybridized carbons (Fsp3) is 0.125. The second-order valence-corrected chi connectivity index (χ2v) is 5.98. The summed E-state index contributed by atoms with van der Waals surface area (Å²) in [5.74, 6) is -0.765. The Hall–Kier alpha value is -2.61. The molecule has 1 aliphatic heterocycles. The van der Waals surface area contributed by atoms with Crippen LogP contribution in [0.3, 0.4) is 0 Å². The lowest BCUT2D eigenvalue weighted by atomic mass is 9.91. The van der Waals surface area contributed by atoms with Gasteiger partial charge in [0.25, 0.3) is 0 Å². The summed E-state index contributed by atoms with van der Waals surface area (Å²) in [7, 11) is 0. The molecule has 1 atom stereocenters. The fourth-order valence-corrected chi connectivity index (χ4v) is 3.15. The van der Waals surface area contributed by atoms with Crippen LogP contribution in [-0.4, -0.2) is 18.0 Å². The molecule has 2 aromatic rings. The molecule has 8 heteroatoms. The third-order valence-corrected chi connectivity index (χ3v) is 4.35. The summed E-state index contributed by atoms with van der Waals surface area (Å²) in [4.78, 5) is 24.5. The van der Waals surface area contributed by atoms with Gasteiger partial charge in [-0.15, -0.1) is 11.3 Å². The van der Waals surface area contributed by atoms with Crippen LogP contribution in [0.1, 0.15) is 21.3 Å². The number of nitrogens with one attached hydrogen (secondary N) is 2. The van der Waals surface area contributed by atoms with E-state index < -0.39 is 35.3 Å². The van der Waals surface area contributed by atoms with Crippen molar-refractivity contribution < 1.29 is 22.8 Å². The van der Waals surface area contributed by atoms with E-state index in [1.807, 2.05) is 0 Å². The second-order valence-electron chi connectivity index (χ2n) is 5.04. The standard InChI is InChI=1S/C16H11F3N2O2S/c17-16(18,19)14-11(13(22)10-7-4-8-24-10)12(20-15(23)21-14)9-5-2-1-3-6-9/h1-8,12H,(H2,20,21,23). The zero-order chi connectivity index (χ0) is 17.3. The highest BCUT2D eigenvalue weighted by atomic mass is 32.1. The predicted octanol–water partition coefficient (Wildman–Crippen LogP) is 3.80. The Labute approximate surface area is 139 Å². The van der Waals surface area contributed by atoms with Gasteiger partial charge in [-0.25, -0.2) is 4.79 Å². The van der Waals surface area contributed by atoms with E-state index in [2.05, 4.69) is 5.32 Å². The van der Waals surface area contributed by atoms with Crippen molar-refractivity contribution in [1.29, 1.82) is 0 Å². The summed E-state index contributed by atoms with van der Waals surface area (Å²) in [6, 6.07) is 8.93. The van der Waals surface area contributed by atoms with Gasteiger partial charge in [0.15, 0.2) is 0 Å². The van der Waals surface area contributed by atoms with E-state index in [1.54, 1.807) is 47.1 Å². The second kappa shape index (κ2) is 6.12. The first kappa shape index (κ1) is 16.3. The Morgan fingerprint density at radius 1 is 1.08 bits per heavy atom. The molecule has 2 N–H and O–H groups in total. The Kier molecular flexibility index (Phi) is 4.15. The van der Waals surface area contributed by atoms with E-state index in [-0.39, 0.29) is 4.88 Å². The lowest BCUT2D eigenvalue weighted by Gasteiger charge is -2.30. The van der Waals surface area contributed by atoms with Crippen LogP contribution < -0.4 is 10.6 Å². The zero-order valence-electron chi connectivity index (χ0n) is 12.1. The van der Waals surface area contributed by atoms with Crippen molar-refractivity contribution in [2.24, 2.45) is 0 Å². The number of amides is 2. The highest BCUT2D eigenvalue weighted by molar-refractivity contribution is 7.12. The molecule has 4 nitrogen and oxygen atoms in total. The Morgan fingerprint density at radius 2 is 1.79 bits per heavy atom. The Bertz CT molecular complexity index is 798. The lowest BCUT2D eigenvalue weighted by Crippen LogP contribution is -2.49. The summed E-state index contributed by atoms with van der Waals surface area (Å²) in [6.45, 7) is 0. The number of Topliss-reactive ketones (excluding diaryl/α,β-unsaturated/α-hetero) is 1. The number of benzene rings is 1. The third kappa shape index (κ3) is 3.05. The highest BCUT2D eigenvalue weighted by Crippen LogP contribution is 2.36. The predicted molar refractivity (Wildman–Crippen MR) is 82.6 cm³/mol. The summed E-state index contributed by atoms with van der Waals surface area (Å²) in [5, 5.41) is 5.75. The van der Waals surface area contributed by atoms with Gasteiger partial charge in [0.2, 0.25) is 5.78 Å². The quantitative estimate of drug-likeness (QED) is 0.826. The first-order valence-electron chi connectivity index (χ1n) is 6.90. The maximum Gasteiger partial charge on any atom is 0.431 e. The molecule has 0 spiro atoms. The van der Waals surface area contributed by atoms with E-state index in [4.69, 9.17) is 0 Å². The van der Waals surface area contributed by atoms with Crippen LogP contribution in [0, 0.1) is 0 Å². The molecule has 0 aliphatic carbocycles. The number of hydrogen-bond donors (Lipinski definition) is 2. The van der Waals surface area contributed by atoms with Gasteiger partial charge in [0.1, 0.15) is 5.70 Å². The smallest absolute Gasteiger partial charge is 0.327 e. The monoisotopic (exact) mass is 352 g/mol. The topological polar surface area (TPSA) is 58.2 Å². The summed E-state index contributed by atoms with van der Waals surface area (Å²) < 4.78 is 40.2. The maximum absolute atomic E-state index is 13.4. The molecule has 1 aliphatic rings. The van der Waals surface area contributed by atoms with Gasteiger partial charge in [-0.3, -0.25) is 4.79 Å². The van der Waals surface area contributed by atoms with E-state index in [0.717, 1.165) is 11.3 Å². The first-order chi connectivity index (χ1) is 11.4. The fourth-order valence-electron chi connectivity index (χ4n) is 2.47. The van der Waals surface area contributed by atoms with Gasteiger partial charge in [-0.2, -0.15) is 13.2 Å². The molecular weight excluding hydrogens is 341 g/mol. The van der Waals surface area contributed by atoms with E-state index in [0.29, 0.717) is 5.56 Å². The number of rotatable bonds is 3. The van der Waals surface area contributed by atoms with Crippen molar-refractivity contribution in [2.45, 2.75) is 12.2 Å². The zero-order valence-corrected chi connectivity index (χ0v) is 12.9. The number of hydrogen-bond acceptors (Lipinski definition) is 3. The van der Waals surface area contributed by atoms with Crippen LogP contribution in [-0.2, 0) is 0 Å². The maximum atomic E-state index is 13.4. The number of urea groups is 1. The summed E-state index contributed by atoms with van der Waals surface area (Å²) in [5.41, 5.74) is -1.44. The molecule has 0 bridgehead atoms. The number of alkyl halides is 3. The number of halogens is 3. The molecule has 1 aromatic heterocycles. The summed E-state index contributed by atoms with van der Waals surface area (Å²) >= 11 is 1.04. The molecule has 1 unspecified atom stereocenters. The number of thiophene rings is 1. The molecule has 0 saturated carbocycles. The van der Waals surface area contributed by atoms with Crippen LogP contribution in [0.15, 0.2) is 59.1 Å². The molecule has 2 heterocycles. The van der Waals surface area contributed by atoms with Gasteiger partial charge >= 0.3 is 12.2 Å². The summed E-state index contributed by atoms with van der Waals surface area (Å²) in [6.07, 6.45) is -4.85. The van der Waals surface area contributed by atoms with Gasteiger partial charge in [0.05, 0.1) is 16.5 Å². The van der Waals surface area contributed by atoms with Gasteiger partial charge < -0.3 is 10.6 Å². The van der Waals surface area contributed by atoms with E-state index in [1.165, 1.54) is 6.07 Å². The van der Waals surface area contributed by atoms with Crippen molar-refractivity contribution in [2.75, 3.05) is 0 Å². The largest absolute Gasteiger partial charge is 0.431 e. The average Bonchev–Trinajstić information content (AvgIpc) is 3.08. The molecule has 2 amide bonds. The number of carbonyl (C=O) groups excluding carboxylic acids is 2. The van der Waals surface area contributed by atoms with Gasteiger partial charge in [0, 0.05) is 0 Å². The van der Waals surface area contributed by atoms with Crippen molar-refractivity contribution in [1.82, 2.24) is 10.6 Å². The van der Waals surface area contributed by atoms with E-state index in [9.17, 15) is 22.8 Å². The van der Waals surface area contributed by atoms with Crippen LogP contribution in [0.2, 0.25) is 0 Å². The van der Waals surface area contributed by atoms with E-state index >= 15 is 0 Å². The van der Waals surface area contributed by atoms with Crippen LogP contribution in [0.25, 0.3) is 0 Å². The minimum Gasteiger partial charge on any atom is -0.327 e. The Morgan fingerprint density at radius 3 is 2.38 bits per heavy atom. The molecule has 3 rings (SSSR count). The lowest BCUT2D eigenvalue weighted by molar-refractivity contribution is -0.0972. The third-order valence-electron chi connectivity index (χ3n) is 3.48. The van der Waals surface area contributed by atoms with Crippen molar-refractivity contribution in [3.63, 3.8) is 0 Å². The number of carbonyl (C=O) groups is 2. The highest BCUT2D eigenvalue weighted by Gasteiger charge is 2.45. The van der Waals surface area contributed by atoms with Gasteiger partial charge in [-0.1, -0.05) is 36.4 Å². The average molecular weight is 352 g/mol. The molecule has 1 aromatic carbocycles. The molecule has 0 fully saturated rings. The number of ketones is 1. The van der Waals surface area contributed by atoms with Crippen LogP contribution in [0.5, 0.6) is 0 Å². The minimum absolute atomic E-state index is 0.172. The molecule has 124 valence electrons. The van der Waals surface area contributed by atoms with Gasteiger partial charge in [-0.05, 0) is 17.0 Å². The SMILES string of the molecule is O=C1NC(C(F)(F)F)=C(C(=O)c2cccs2)C(c2ccccc2)N1. The molecule has 24 heavy (non-hydrogen) atoms. The van der Waals surface area contributed by atoms with Crippen LogP contribution in [0.4, 0.5) is 18.0 Å². The van der Waals surface area contributed by atoms with Crippen molar-refractivity contribution in [3.8, 4) is 0 Å². The normalized spacial score (nSPS) is 18.1. The van der Waals surface area contributed by atoms with Crippen molar-refractivity contribution in [3.05, 3.63) is 69.6 Å². The Balaban J connectivity index is 2.19. The van der Waals surface area contributed by atoms with Crippen LogP contribution >= 0.6 is 11.3 Å². The number of allylic oxidation sites excluding steroid dienone is 1. The molecular formula is C16H11F3N2O2S.